The first-order valence-corrected chi connectivity index (χ1v) is 8.83. The highest BCUT2D eigenvalue weighted by Crippen LogP contribution is 2.39. The molecule has 1 aromatic carbocycles. The second-order valence-corrected chi connectivity index (χ2v) is 7.86. The summed E-state index contributed by atoms with van der Waals surface area (Å²) in [7, 11) is 0. The third kappa shape index (κ3) is 5.88. The van der Waals surface area contributed by atoms with E-state index in [4.69, 9.17) is 25.8 Å². The highest BCUT2D eigenvalue weighted by Gasteiger charge is 2.20. The molecule has 140 valence electrons. The lowest BCUT2D eigenvalue weighted by Gasteiger charge is -2.24. The van der Waals surface area contributed by atoms with Crippen LogP contribution in [0.15, 0.2) is 12.1 Å². The largest absolute Gasteiger partial charge is 0.454 e. The van der Waals surface area contributed by atoms with Crippen LogP contribution in [0.3, 0.4) is 0 Å². The Morgan fingerprint density at radius 2 is 1.88 bits per heavy atom. The van der Waals surface area contributed by atoms with Crippen LogP contribution in [-0.2, 0) is 4.74 Å². The number of nitrogens with one attached hydrogen (secondary N) is 2. The zero-order valence-electron chi connectivity index (χ0n) is 15.4. The minimum Gasteiger partial charge on any atom is -0.454 e. The number of halogens is 1. The molecule has 2 rings (SSSR count). The first-order valence-electron chi connectivity index (χ1n) is 8.45. The van der Waals surface area contributed by atoms with Crippen LogP contribution >= 0.6 is 11.6 Å². The van der Waals surface area contributed by atoms with E-state index in [0.29, 0.717) is 35.5 Å². The number of alkyl carbamates (subject to hydrolysis) is 1. The van der Waals surface area contributed by atoms with Crippen molar-refractivity contribution in [2.75, 3.05) is 25.2 Å². The molecule has 6 nitrogen and oxygen atoms in total. The van der Waals surface area contributed by atoms with Gasteiger partial charge >= 0.3 is 6.09 Å². The number of carbonyl (C=O) groups is 1. The lowest BCUT2D eigenvalue weighted by atomic mass is 9.95. The van der Waals surface area contributed by atoms with Crippen molar-refractivity contribution in [2.45, 2.75) is 40.2 Å². The number of anilines is 1. The number of fused-ring (bicyclic) bond motifs is 1. The van der Waals surface area contributed by atoms with E-state index in [1.165, 1.54) is 0 Å². The maximum absolute atomic E-state index is 11.8. The van der Waals surface area contributed by atoms with Crippen LogP contribution in [0, 0.1) is 11.8 Å². The number of carbonyl (C=O) groups excluding carboxylic acids is 1. The third-order valence-electron chi connectivity index (χ3n) is 3.87. The Morgan fingerprint density at radius 3 is 2.48 bits per heavy atom. The van der Waals surface area contributed by atoms with Crippen molar-refractivity contribution in [2.24, 2.45) is 11.8 Å². The Labute approximate surface area is 154 Å². The molecule has 0 aliphatic carbocycles. The molecule has 1 aliphatic rings. The maximum Gasteiger partial charge on any atom is 0.407 e. The second-order valence-electron chi connectivity index (χ2n) is 7.45. The maximum atomic E-state index is 11.8. The normalized spacial score (nSPS) is 14.4. The standard InChI is InChI=1S/C18H27ClN2O4/c1-11(2)12(9-21-17(22)25-18(3,4)5)8-20-14-7-16-15(6-13(14)19)23-10-24-16/h6-7,11-12,20H,8-10H2,1-5H3,(H,21,22). The molecule has 1 aromatic rings. The fourth-order valence-corrected chi connectivity index (χ4v) is 2.59. The summed E-state index contributed by atoms with van der Waals surface area (Å²) in [6.07, 6.45) is -0.403. The van der Waals surface area contributed by atoms with Gasteiger partial charge in [0.1, 0.15) is 5.60 Å². The lowest BCUT2D eigenvalue weighted by molar-refractivity contribution is 0.0516. The molecule has 0 saturated heterocycles. The highest BCUT2D eigenvalue weighted by atomic mass is 35.5. The predicted octanol–water partition coefficient (Wildman–Crippen LogP) is 4.28. The average Bonchev–Trinajstić information content (AvgIpc) is 2.91. The zero-order valence-corrected chi connectivity index (χ0v) is 16.2. The van der Waals surface area contributed by atoms with Crippen LogP contribution in [0.2, 0.25) is 5.02 Å². The molecule has 1 amide bonds. The third-order valence-corrected chi connectivity index (χ3v) is 4.18. The van der Waals surface area contributed by atoms with Crippen molar-refractivity contribution in [3.05, 3.63) is 17.2 Å². The van der Waals surface area contributed by atoms with Gasteiger partial charge in [-0.1, -0.05) is 25.4 Å². The van der Waals surface area contributed by atoms with E-state index >= 15 is 0 Å². The molecule has 1 atom stereocenters. The van der Waals surface area contributed by atoms with Crippen molar-refractivity contribution in [3.8, 4) is 11.5 Å². The van der Waals surface area contributed by atoms with Crippen molar-refractivity contribution in [1.29, 1.82) is 0 Å². The zero-order chi connectivity index (χ0) is 18.6. The van der Waals surface area contributed by atoms with Gasteiger partial charge in [0.15, 0.2) is 11.5 Å². The van der Waals surface area contributed by atoms with Crippen LogP contribution in [-0.4, -0.2) is 31.6 Å². The van der Waals surface area contributed by atoms with Gasteiger partial charge in [-0.3, -0.25) is 0 Å². The van der Waals surface area contributed by atoms with E-state index in [2.05, 4.69) is 24.5 Å². The van der Waals surface area contributed by atoms with Crippen LogP contribution in [0.25, 0.3) is 0 Å². The monoisotopic (exact) mass is 370 g/mol. The minimum absolute atomic E-state index is 0.212. The van der Waals surface area contributed by atoms with E-state index in [-0.39, 0.29) is 12.7 Å². The molecule has 2 N–H and O–H groups in total. The van der Waals surface area contributed by atoms with E-state index in [1.54, 1.807) is 6.07 Å². The van der Waals surface area contributed by atoms with E-state index in [0.717, 1.165) is 5.69 Å². The summed E-state index contributed by atoms with van der Waals surface area (Å²) in [4.78, 5) is 11.8. The lowest BCUT2D eigenvalue weighted by Crippen LogP contribution is -2.38. The van der Waals surface area contributed by atoms with Crippen LogP contribution < -0.4 is 20.1 Å². The Kier molecular flexibility index (Phi) is 6.27. The molecule has 1 unspecified atom stereocenters. The Balaban J connectivity index is 1.91. The van der Waals surface area contributed by atoms with Gasteiger partial charge in [0.05, 0.1) is 10.7 Å². The Hall–Kier alpha value is -1.82. The Morgan fingerprint density at radius 1 is 1.24 bits per heavy atom. The predicted molar refractivity (Wildman–Crippen MR) is 98.6 cm³/mol. The van der Waals surface area contributed by atoms with E-state index < -0.39 is 11.7 Å². The minimum atomic E-state index is -0.504. The molecule has 7 heteroatoms. The summed E-state index contributed by atoms with van der Waals surface area (Å²) < 4.78 is 16.0. The fourth-order valence-electron chi connectivity index (χ4n) is 2.37. The van der Waals surface area contributed by atoms with E-state index in [1.807, 2.05) is 26.8 Å². The van der Waals surface area contributed by atoms with E-state index in [9.17, 15) is 4.79 Å². The van der Waals surface area contributed by atoms with Gasteiger partial charge in [0.2, 0.25) is 6.79 Å². The summed E-state index contributed by atoms with van der Waals surface area (Å²) in [5, 5.41) is 6.75. The summed E-state index contributed by atoms with van der Waals surface area (Å²) in [5.41, 5.74) is 0.282. The second kappa shape index (κ2) is 8.04. The number of amides is 1. The first-order chi connectivity index (χ1) is 11.7. The summed E-state index contributed by atoms with van der Waals surface area (Å²) >= 11 is 6.28. The van der Waals surface area contributed by atoms with Crippen molar-refractivity contribution < 1.29 is 19.0 Å². The van der Waals surface area contributed by atoms with Gasteiger partial charge in [0, 0.05) is 25.2 Å². The van der Waals surface area contributed by atoms with Gasteiger partial charge in [-0.15, -0.1) is 0 Å². The van der Waals surface area contributed by atoms with Crippen LogP contribution in [0.4, 0.5) is 10.5 Å². The molecule has 0 radical (unpaired) electrons. The number of rotatable bonds is 6. The summed E-state index contributed by atoms with van der Waals surface area (Å²) in [5.74, 6) is 1.92. The van der Waals surface area contributed by atoms with Crippen molar-refractivity contribution in [1.82, 2.24) is 5.32 Å². The average molecular weight is 371 g/mol. The number of hydrogen-bond acceptors (Lipinski definition) is 5. The summed E-state index contributed by atoms with van der Waals surface area (Å²) in [6, 6.07) is 3.58. The van der Waals surface area contributed by atoms with Gasteiger partial charge in [-0.2, -0.15) is 0 Å². The number of benzene rings is 1. The molecule has 1 aliphatic heterocycles. The molecule has 1 heterocycles. The fraction of sp³-hybridized carbons (Fsp3) is 0.611. The molecule has 0 aromatic heterocycles. The molecule has 0 spiro atoms. The molecular formula is C18H27ClN2O4. The summed E-state index contributed by atoms with van der Waals surface area (Å²) in [6.45, 7) is 11.1. The topological polar surface area (TPSA) is 68.8 Å². The van der Waals surface area contributed by atoms with Crippen LogP contribution in [0.5, 0.6) is 11.5 Å². The molecule has 25 heavy (non-hydrogen) atoms. The van der Waals surface area contributed by atoms with Crippen molar-refractivity contribution >= 4 is 23.4 Å². The molecular weight excluding hydrogens is 344 g/mol. The number of ether oxygens (including phenoxy) is 3. The first kappa shape index (κ1) is 19.5. The SMILES string of the molecule is CC(C)C(CNC(=O)OC(C)(C)C)CNc1cc2c(cc1Cl)OCO2. The van der Waals surface area contributed by atoms with Crippen LogP contribution in [0.1, 0.15) is 34.6 Å². The number of hydrogen-bond donors (Lipinski definition) is 2. The highest BCUT2D eigenvalue weighted by molar-refractivity contribution is 6.33. The van der Waals surface area contributed by atoms with Gasteiger partial charge in [-0.25, -0.2) is 4.79 Å². The molecule has 0 fully saturated rings. The molecule has 0 saturated carbocycles. The van der Waals surface area contributed by atoms with Crippen molar-refractivity contribution in [3.63, 3.8) is 0 Å². The Bertz CT molecular complexity index is 614. The quantitative estimate of drug-likeness (QED) is 0.782. The smallest absolute Gasteiger partial charge is 0.407 e. The van der Waals surface area contributed by atoms with Gasteiger partial charge in [-0.05, 0) is 32.6 Å². The van der Waals surface area contributed by atoms with Gasteiger partial charge < -0.3 is 24.8 Å². The van der Waals surface area contributed by atoms with Gasteiger partial charge in [0.25, 0.3) is 0 Å². The molecule has 0 bridgehead atoms.